The van der Waals surface area contributed by atoms with Gasteiger partial charge in [0.1, 0.15) is 17.2 Å². The second-order valence-corrected chi connectivity index (χ2v) is 11.0. The number of piperazine rings is 1. The van der Waals surface area contributed by atoms with Crippen molar-refractivity contribution < 1.29 is 17.9 Å². The van der Waals surface area contributed by atoms with Crippen molar-refractivity contribution >= 4 is 27.3 Å². The Morgan fingerprint density at radius 3 is 2.44 bits per heavy atom. The number of amides is 1. The molecule has 0 radical (unpaired) electrons. The summed E-state index contributed by atoms with van der Waals surface area (Å²) in [6, 6.07) is 15.1. The van der Waals surface area contributed by atoms with Crippen molar-refractivity contribution in [3.63, 3.8) is 0 Å². The second-order valence-electron chi connectivity index (χ2n) is 9.19. The number of aromatic amines is 1. The van der Waals surface area contributed by atoms with Crippen LogP contribution in [0.1, 0.15) is 23.9 Å². The minimum Gasteiger partial charge on any atom is -0.497 e. The van der Waals surface area contributed by atoms with Crippen molar-refractivity contribution in [1.29, 1.82) is 0 Å². The Labute approximate surface area is 212 Å². The van der Waals surface area contributed by atoms with E-state index < -0.39 is 10.0 Å². The zero-order chi connectivity index (χ0) is 26.0. The predicted molar refractivity (Wildman–Crippen MR) is 140 cm³/mol. The Balaban J connectivity index is 1.59. The van der Waals surface area contributed by atoms with Crippen molar-refractivity contribution in [3.8, 4) is 5.75 Å². The van der Waals surface area contributed by atoms with Crippen molar-refractivity contribution in [2.45, 2.75) is 38.6 Å². The molecule has 0 aliphatic carbocycles. The number of benzene rings is 2. The average Bonchev–Trinajstić information content (AvgIpc) is 3.20. The monoisotopic (exact) mass is 511 g/mol. The van der Waals surface area contributed by atoms with Gasteiger partial charge < -0.3 is 14.5 Å². The van der Waals surface area contributed by atoms with Crippen LogP contribution in [-0.4, -0.2) is 68.8 Å². The third kappa shape index (κ3) is 5.04. The van der Waals surface area contributed by atoms with Crippen LogP contribution in [0.3, 0.4) is 0 Å². The fourth-order valence-corrected chi connectivity index (χ4v) is 6.44. The van der Waals surface area contributed by atoms with E-state index in [9.17, 15) is 13.2 Å². The molecule has 1 aromatic heterocycles. The summed E-state index contributed by atoms with van der Waals surface area (Å²) >= 11 is 0. The van der Waals surface area contributed by atoms with Crippen LogP contribution in [-0.2, 0) is 14.8 Å². The standard InChI is InChI=1S/C26H33N5O4S/c1-18-7-6-8-23(15-18)30-14-13-29(16-19(30)2)25(32)17-31(22-9-11-24(35-5)12-10-22)36(33,34)26-20(3)27-28-21(26)4/h6-12,15,19H,13-14,16-17H2,1-5H3,(H,27,28)/t19-/m1/s1. The van der Waals surface area contributed by atoms with Crippen molar-refractivity contribution in [3.05, 3.63) is 65.5 Å². The van der Waals surface area contributed by atoms with E-state index in [4.69, 9.17) is 4.74 Å². The lowest BCUT2D eigenvalue weighted by Gasteiger charge is -2.42. The van der Waals surface area contributed by atoms with Gasteiger partial charge in [-0.05, 0) is 69.7 Å². The normalized spacial score (nSPS) is 16.2. The maximum absolute atomic E-state index is 13.8. The first-order valence-corrected chi connectivity index (χ1v) is 13.3. The summed E-state index contributed by atoms with van der Waals surface area (Å²) in [5, 5.41) is 6.79. The summed E-state index contributed by atoms with van der Waals surface area (Å²) < 4.78 is 34.0. The highest BCUT2D eigenvalue weighted by Crippen LogP contribution is 2.29. The molecule has 0 spiro atoms. The molecule has 4 rings (SSSR count). The number of H-pyrrole nitrogens is 1. The minimum absolute atomic E-state index is 0.0868. The summed E-state index contributed by atoms with van der Waals surface area (Å²) in [6.45, 7) is 8.82. The number of carbonyl (C=O) groups excluding carboxylic acids is 1. The Morgan fingerprint density at radius 2 is 1.86 bits per heavy atom. The summed E-state index contributed by atoms with van der Waals surface area (Å²) in [6.07, 6.45) is 0. The zero-order valence-electron chi connectivity index (χ0n) is 21.4. The second kappa shape index (κ2) is 10.2. The van der Waals surface area contributed by atoms with Gasteiger partial charge in [0.15, 0.2) is 0 Å². The number of sulfonamides is 1. The largest absolute Gasteiger partial charge is 0.497 e. The topological polar surface area (TPSA) is 98.8 Å². The van der Waals surface area contributed by atoms with Crippen molar-refractivity contribution in [2.24, 2.45) is 0 Å². The van der Waals surface area contributed by atoms with Crippen LogP contribution < -0.4 is 13.9 Å². The molecule has 10 heteroatoms. The fourth-order valence-electron chi connectivity index (χ4n) is 4.69. The van der Waals surface area contributed by atoms with Gasteiger partial charge in [-0.15, -0.1) is 0 Å². The van der Waals surface area contributed by atoms with E-state index in [0.29, 0.717) is 42.5 Å². The first-order chi connectivity index (χ1) is 17.1. The number of nitrogens with zero attached hydrogens (tertiary/aromatic N) is 4. The van der Waals surface area contributed by atoms with Gasteiger partial charge >= 0.3 is 0 Å². The van der Waals surface area contributed by atoms with Gasteiger partial charge in [0, 0.05) is 31.4 Å². The minimum atomic E-state index is -4.06. The lowest BCUT2D eigenvalue weighted by atomic mass is 10.1. The molecule has 1 aliphatic heterocycles. The van der Waals surface area contributed by atoms with E-state index in [-0.39, 0.29) is 23.4 Å². The molecule has 9 nitrogen and oxygen atoms in total. The molecule has 1 saturated heterocycles. The predicted octanol–water partition coefficient (Wildman–Crippen LogP) is 3.28. The summed E-state index contributed by atoms with van der Waals surface area (Å²) in [7, 11) is -2.51. The fraction of sp³-hybridized carbons (Fsp3) is 0.385. The molecule has 0 unspecified atom stereocenters. The summed E-state index contributed by atoms with van der Waals surface area (Å²) in [5.74, 6) is 0.350. The van der Waals surface area contributed by atoms with Crippen LogP contribution in [0.2, 0.25) is 0 Å². The summed E-state index contributed by atoms with van der Waals surface area (Å²) in [5.41, 5.74) is 3.49. The Kier molecular flexibility index (Phi) is 7.26. The highest BCUT2D eigenvalue weighted by atomic mass is 32.2. The maximum atomic E-state index is 13.8. The average molecular weight is 512 g/mol. The van der Waals surface area contributed by atoms with Crippen molar-refractivity contribution in [2.75, 3.05) is 42.5 Å². The van der Waals surface area contributed by atoms with E-state index in [1.165, 1.54) is 5.56 Å². The molecule has 0 bridgehead atoms. The molecule has 0 saturated carbocycles. The molecule has 2 heterocycles. The SMILES string of the molecule is COc1ccc(N(CC(=O)N2CCN(c3cccc(C)c3)[C@H](C)C2)S(=O)(=O)c2c(C)n[nH]c2C)cc1. The molecule has 1 N–H and O–H groups in total. The number of aromatic nitrogens is 2. The van der Waals surface area contributed by atoms with E-state index in [1.54, 1.807) is 50.1 Å². The van der Waals surface area contributed by atoms with Crippen LogP contribution in [0.5, 0.6) is 5.75 Å². The van der Waals surface area contributed by atoms with Crippen LogP contribution in [0.15, 0.2) is 53.4 Å². The van der Waals surface area contributed by atoms with E-state index in [2.05, 4.69) is 47.1 Å². The van der Waals surface area contributed by atoms with Crippen LogP contribution >= 0.6 is 0 Å². The number of rotatable bonds is 7. The van der Waals surface area contributed by atoms with E-state index >= 15 is 0 Å². The highest BCUT2D eigenvalue weighted by molar-refractivity contribution is 7.93. The molecule has 1 amide bonds. The van der Waals surface area contributed by atoms with Gasteiger partial charge in [-0.3, -0.25) is 14.2 Å². The lowest BCUT2D eigenvalue weighted by Crippen LogP contribution is -2.55. The smallest absolute Gasteiger partial charge is 0.268 e. The number of nitrogens with one attached hydrogen (secondary N) is 1. The van der Waals surface area contributed by atoms with Gasteiger partial charge in [0.05, 0.1) is 24.2 Å². The third-order valence-electron chi connectivity index (χ3n) is 6.56. The quantitative estimate of drug-likeness (QED) is 0.523. The highest BCUT2D eigenvalue weighted by Gasteiger charge is 2.34. The number of hydrogen-bond acceptors (Lipinski definition) is 6. The first-order valence-electron chi connectivity index (χ1n) is 11.9. The molecule has 3 aromatic rings. The molecular formula is C26H33N5O4S. The molecule has 1 atom stereocenters. The van der Waals surface area contributed by atoms with Crippen molar-refractivity contribution in [1.82, 2.24) is 15.1 Å². The lowest BCUT2D eigenvalue weighted by molar-refractivity contribution is -0.130. The zero-order valence-corrected chi connectivity index (χ0v) is 22.2. The maximum Gasteiger partial charge on any atom is 0.268 e. The van der Waals surface area contributed by atoms with Gasteiger partial charge in [0.25, 0.3) is 10.0 Å². The van der Waals surface area contributed by atoms with E-state index in [0.717, 1.165) is 9.99 Å². The molecule has 1 fully saturated rings. The number of carbonyl (C=O) groups is 1. The molecule has 1 aliphatic rings. The number of ether oxygens (including phenoxy) is 1. The number of anilines is 2. The van der Waals surface area contributed by atoms with Gasteiger partial charge in [-0.1, -0.05) is 12.1 Å². The number of aryl methyl sites for hydroxylation is 3. The molecule has 2 aromatic carbocycles. The van der Waals surface area contributed by atoms with Crippen LogP contribution in [0.25, 0.3) is 0 Å². The first kappa shape index (κ1) is 25.6. The summed E-state index contributed by atoms with van der Waals surface area (Å²) in [4.78, 5) is 17.6. The third-order valence-corrected chi connectivity index (χ3v) is 8.60. The van der Waals surface area contributed by atoms with E-state index in [1.807, 2.05) is 6.07 Å². The van der Waals surface area contributed by atoms with Crippen LogP contribution in [0, 0.1) is 20.8 Å². The molecule has 192 valence electrons. The number of methoxy groups -OCH3 is 1. The van der Waals surface area contributed by atoms with Crippen LogP contribution in [0.4, 0.5) is 11.4 Å². The van der Waals surface area contributed by atoms with Gasteiger partial charge in [-0.2, -0.15) is 5.10 Å². The Bertz CT molecular complexity index is 1320. The number of hydrogen-bond donors (Lipinski definition) is 1. The van der Waals surface area contributed by atoms with Gasteiger partial charge in [0.2, 0.25) is 5.91 Å². The molecular weight excluding hydrogens is 478 g/mol. The van der Waals surface area contributed by atoms with Gasteiger partial charge in [-0.25, -0.2) is 8.42 Å². The Morgan fingerprint density at radius 1 is 1.14 bits per heavy atom. The Hall–Kier alpha value is -3.53. The molecule has 36 heavy (non-hydrogen) atoms.